The summed E-state index contributed by atoms with van der Waals surface area (Å²) in [4.78, 5) is 12.3. The van der Waals surface area contributed by atoms with Crippen LogP contribution in [0, 0.1) is 5.92 Å². The third kappa shape index (κ3) is 5.04. The van der Waals surface area contributed by atoms with Gasteiger partial charge in [-0.1, -0.05) is 29.8 Å². The Morgan fingerprint density at radius 2 is 1.95 bits per heavy atom. The number of hydrogen-bond donors (Lipinski definition) is 2. The first kappa shape index (κ1) is 16.8. The van der Waals surface area contributed by atoms with Crippen LogP contribution >= 0.6 is 15.9 Å². The molecule has 0 aliphatic carbocycles. The summed E-state index contributed by atoms with van der Waals surface area (Å²) in [6.45, 7) is 9.51. The Kier molecular flexibility index (Phi) is 5.45. The topological polar surface area (TPSA) is 64.3 Å². The molecular weight excluding hydrogens is 320 g/mol. The van der Waals surface area contributed by atoms with Crippen LogP contribution in [0.1, 0.15) is 34.6 Å². The van der Waals surface area contributed by atoms with Crippen LogP contribution in [0.2, 0.25) is 0 Å². The van der Waals surface area contributed by atoms with Crippen molar-refractivity contribution in [2.24, 2.45) is 5.92 Å². The molecule has 0 fully saturated rings. The molecule has 1 atom stereocenters. The molecule has 1 rings (SSSR count). The number of esters is 1. The summed E-state index contributed by atoms with van der Waals surface area (Å²) >= 11 is 3.40. The molecule has 5 heteroatoms. The van der Waals surface area contributed by atoms with Crippen molar-refractivity contribution in [2.45, 2.75) is 46.3 Å². The lowest BCUT2D eigenvalue weighted by atomic mass is 10.0. The zero-order valence-corrected chi connectivity index (χ0v) is 14.2. The molecule has 1 aromatic carbocycles. The van der Waals surface area contributed by atoms with Gasteiger partial charge in [0.05, 0.1) is 11.4 Å². The summed E-state index contributed by atoms with van der Waals surface area (Å²) in [6.07, 6.45) is 0. The molecule has 1 aromatic rings. The van der Waals surface area contributed by atoms with Crippen LogP contribution in [0.3, 0.4) is 0 Å². The maximum atomic E-state index is 12.3. The molecule has 0 amide bonds. The first-order valence-corrected chi connectivity index (χ1v) is 7.44. The van der Waals surface area contributed by atoms with Crippen LogP contribution in [0.15, 0.2) is 22.7 Å². The number of hydrogen-bond acceptors (Lipinski definition) is 4. The van der Waals surface area contributed by atoms with Gasteiger partial charge in [0.2, 0.25) is 0 Å². The lowest BCUT2D eigenvalue weighted by Gasteiger charge is -2.27. The van der Waals surface area contributed by atoms with E-state index in [2.05, 4.69) is 21.2 Å². The lowest BCUT2D eigenvalue weighted by Crippen LogP contribution is -2.40. The third-order valence-corrected chi connectivity index (χ3v) is 3.15. The SMILES string of the molecule is CC(C)C(Nc1cc(Br)ccc1N)C(=O)OC(C)(C)C. The van der Waals surface area contributed by atoms with Gasteiger partial charge in [0.15, 0.2) is 0 Å². The van der Waals surface area contributed by atoms with Crippen molar-refractivity contribution in [1.29, 1.82) is 0 Å². The first-order chi connectivity index (χ1) is 9.10. The summed E-state index contributed by atoms with van der Waals surface area (Å²) in [6, 6.07) is 5.07. The van der Waals surface area contributed by atoms with E-state index >= 15 is 0 Å². The normalized spacial score (nSPS) is 13.2. The van der Waals surface area contributed by atoms with Gasteiger partial charge < -0.3 is 15.8 Å². The fourth-order valence-corrected chi connectivity index (χ4v) is 2.05. The second-order valence-electron chi connectivity index (χ2n) is 6.13. The van der Waals surface area contributed by atoms with Crippen LogP contribution in [0.4, 0.5) is 11.4 Å². The molecule has 20 heavy (non-hydrogen) atoms. The van der Waals surface area contributed by atoms with E-state index in [1.54, 1.807) is 6.07 Å². The van der Waals surface area contributed by atoms with Gasteiger partial charge in [-0.3, -0.25) is 0 Å². The molecule has 0 aromatic heterocycles. The molecule has 1 unspecified atom stereocenters. The van der Waals surface area contributed by atoms with Gasteiger partial charge in [-0.15, -0.1) is 0 Å². The van der Waals surface area contributed by atoms with Gasteiger partial charge in [0.1, 0.15) is 11.6 Å². The number of carbonyl (C=O) groups is 1. The predicted molar refractivity (Wildman–Crippen MR) is 86.6 cm³/mol. The summed E-state index contributed by atoms with van der Waals surface area (Å²) < 4.78 is 6.35. The number of benzene rings is 1. The van der Waals surface area contributed by atoms with Crippen molar-refractivity contribution in [3.05, 3.63) is 22.7 Å². The molecule has 112 valence electrons. The number of ether oxygens (including phenoxy) is 1. The molecular formula is C15H23BrN2O2. The van der Waals surface area contributed by atoms with Crippen LogP contribution in [-0.2, 0) is 9.53 Å². The minimum atomic E-state index is -0.505. The highest BCUT2D eigenvalue weighted by Gasteiger charge is 2.28. The van der Waals surface area contributed by atoms with Crippen LogP contribution in [0.5, 0.6) is 0 Å². The van der Waals surface area contributed by atoms with Crippen molar-refractivity contribution in [3.8, 4) is 0 Å². The Balaban J connectivity index is 2.93. The maximum absolute atomic E-state index is 12.3. The van der Waals surface area contributed by atoms with E-state index in [9.17, 15) is 4.79 Å². The number of anilines is 2. The molecule has 0 aliphatic rings. The van der Waals surface area contributed by atoms with Crippen molar-refractivity contribution >= 4 is 33.3 Å². The second-order valence-corrected chi connectivity index (χ2v) is 7.05. The zero-order chi connectivity index (χ0) is 15.5. The van der Waals surface area contributed by atoms with Crippen LogP contribution in [0.25, 0.3) is 0 Å². The number of nitrogens with two attached hydrogens (primary N) is 1. The second kappa shape index (κ2) is 6.48. The monoisotopic (exact) mass is 342 g/mol. The molecule has 4 nitrogen and oxygen atoms in total. The van der Waals surface area contributed by atoms with E-state index in [1.807, 2.05) is 46.8 Å². The van der Waals surface area contributed by atoms with E-state index in [1.165, 1.54) is 0 Å². The van der Waals surface area contributed by atoms with Crippen molar-refractivity contribution in [2.75, 3.05) is 11.1 Å². The van der Waals surface area contributed by atoms with E-state index < -0.39 is 11.6 Å². The number of halogens is 1. The largest absolute Gasteiger partial charge is 0.458 e. The zero-order valence-electron chi connectivity index (χ0n) is 12.7. The summed E-state index contributed by atoms with van der Waals surface area (Å²) in [7, 11) is 0. The van der Waals surface area contributed by atoms with Crippen molar-refractivity contribution in [3.63, 3.8) is 0 Å². The number of nitrogens with one attached hydrogen (secondary N) is 1. The number of nitrogen functional groups attached to an aromatic ring is 1. The van der Waals surface area contributed by atoms with Crippen LogP contribution < -0.4 is 11.1 Å². The quantitative estimate of drug-likeness (QED) is 0.645. The van der Waals surface area contributed by atoms with Crippen molar-refractivity contribution in [1.82, 2.24) is 0 Å². The van der Waals surface area contributed by atoms with Gasteiger partial charge in [-0.2, -0.15) is 0 Å². The number of carbonyl (C=O) groups excluding carboxylic acids is 1. The molecule has 0 aliphatic heterocycles. The van der Waals surface area contributed by atoms with Gasteiger partial charge in [0, 0.05) is 4.47 Å². The molecule has 0 heterocycles. The standard InChI is InChI=1S/C15H23BrN2O2/c1-9(2)13(14(19)20-15(3,4)5)18-12-8-10(16)6-7-11(12)17/h6-9,13,18H,17H2,1-5H3. The molecule has 0 bridgehead atoms. The van der Waals surface area contributed by atoms with E-state index in [0.717, 1.165) is 10.2 Å². The minimum absolute atomic E-state index is 0.0863. The van der Waals surface area contributed by atoms with Gasteiger partial charge in [-0.05, 0) is 44.9 Å². The Labute approximate surface area is 129 Å². The summed E-state index contributed by atoms with van der Waals surface area (Å²) in [5.74, 6) is -0.185. The Morgan fingerprint density at radius 1 is 1.35 bits per heavy atom. The van der Waals surface area contributed by atoms with Gasteiger partial charge >= 0.3 is 5.97 Å². The van der Waals surface area contributed by atoms with E-state index in [-0.39, 0.29) is 11.9 Å². The van der Waals surface area contributed by atoms with Gasteiger partial charge in [0.25, 0.3) is 0 Å². The summed E-state index contributed by atoms with van der Waals surface area (Å²) in [5.41, 5.74) is 6.75. The van der Waals surface area contributed by atoms with Crippen molar-refractivity contribution < 1.29 is 9.53 Å². The lowest BCUT2D eigenvalue weighted by molar-refractivity contribution is -0.156. The summed E-state index contributed by atoms with van der Waals surface area (Å²) in [5, 5.41) is 3.18. The van der Waals surface area contributed by atoms with E-state index in [0.29, 0.717) is 5.69 Å². The highest BCUT2D eigenvalue weighted by Crippen LogP contribution is 2.26. The average molecular weight is 343 g/mol. The Morgan fingerprint density at radius 3 is 2.45 bits per heavy atom. The van der Waals surface area contributed by atoms with Crippen LogP contribution in [-0.4, -0.2) is 17.6 Å². The molecule has 0 saturated heterocycles. The highest BCUT2D eigenvalue weighted by atomic mass is 79.9. The molecule has 0 spiro atoms. The highest BCUT2D eigenvalue weighted by molar-refractivity contribution is 9.10. The molecule has 3 N–H and O–H groups in total. The molecule has 0 radical (unpaired) electrons. The average Bonchev–Trinajstić information content (AvgIpc) is 2.27. The third-order valence-electron chi connectivity index (χ3n) is 2.65. The number of rotatable bonds is 4. The predicted octanol–water partition coefficient (Wildman–Crippen LogP) is 3.81. The Hall–Kier alpha value is -1.23. The minimum Gasteiger partial charge on any atom is -0.458 e. The fraction of sp³-hybridized carbons (Fsp3) is 0.533. The fourth-order valence-electron chi connectivity index (χ4n) is 1.68. The molecule has 0 saturated carbocycles. The van der Waals surface area contributed by atoms with E-state index in [4.69, 9.17) is 10.5 Å². The Bertz CT molecular complexity index is 481. The van der Waals surface area contributed by atoms with Gasteiger partial charge in [-0.25, -0.2) is 4.79 Å². The first-order valence-electron chi connectivity index (χ1n) is 6.64. The maximum Gasteiger partial charge on any atom is 0.329 e. The smallest absolute Gasteiger partial charge is 0.329 e.